The zero-order chi connectivity index (χ0) is 15.3. The van der Waals surface area contributed by atoms with E-state index in [9.17, 15) is 9.59 Å². The minimum atomic E-state index is -0.857. The first-order valence-corrected chi connectivity index (χ1v) is 6.68. The van der Waals surface area contributed by atoms with Crippen molar-refractivity contribution >= 4 is 12.4 Å². The van der Waals surface area contributed by atoms with Crippen molar-refractivity contribution in [1.29, 1.82) is 0 Å². The molecule has 1 atom stereocenters. The molecular formula is C14H23N3O3. The van der Waals surface area contributed by atoms with Crippen molar-refractivity contribution in [2.75, 3.05) is 0 Å². The third-order valence-corrected chi connectivity index (χ3v) is 3.09. The first-order chi connectivity index (χ1) is 9.24. The van der Waals surface area contributed by atoms with Crippen LogP contribution in [0.15, 0.2) is 6.20 Å². The summed E-state index contributed by atoms with van der Waals surface area (Å²) in [6.45, 7) is 6.24. The largest absolute Gasteiger partial charge is 0.481 e. The molecule has 6 nitrogen and oxygen atoms in total. The van der Waals surface area contributed by atoms with Gasteiger partial charge in [-0.15, -0.1) is 0 Å². The number of hydrogen-bond acceptors (Lipinski definition) is 3. The molecule has 0 fully saturated rings. The van der Waals surface area contributed by atoms with Crippen LogP contribution < -0.4 is 5.32 Å². The van der Waals surface area contributed by atoms with Gasteiger partial charge in [0.15, 0.2) is 0 Å². The van der Waals surface area contributed by atoms with Crippen molar-refractivity contribution in [3.63, 3.8) is 0 Å². The molecule has 0 saturated carbocycles. The lowest BCUT2D eigenvalue weighted by Gasteiger charge is -2.20. The van der Waals surface area contributed by atoms with E-state index in [4.69, 9.17) is 5.11 Å². The summed E-state index contributed by atoms with van der Waals surface area (Å²) in [7, 11) is 1.86. The van der Waals surface area contributed by atoms with Gasteiger partial charge in [0.05, 0.1) is 5.69 Å². The normalized spacial score (nSPS) is 13.0. The average Bonchev–Trinajstić information content (AvgIpc) is 2.67. The molecule has 0 radical (unpaired) electrons. The van der Waals surface area contributed by atoms with Gasteiger partial charge in [0, 0.05) is 31.1 Å². The summed E-state index contributed by atoms with van der Waals surface area (Å²) < 4.78 is 1.76. The van der Waals surface area contributed by atoms with Gasteiger partial charge >= 0.3 is 5.97 Å². The molecule has 0 aliphatic rings. The molecule has 112 valence electrons. The first-order valence-electron chi connectivity index (χ1n) is 6.68. The van der Waals surface area contributed by atoms with Gasteiger partial charge in [-0.1, -0.05) is 20.8 Å². The Morgan fingerprint density at radius 2 is 2.20 bits per heavy atom. The molecule has 1 aromatic rings. The van der Waals surface area contributed by atoms with Crippen LogP contribution in [0.4, 0.5) is 0 Å². The fraction of sp³-hybridized carbons (Fsp3) is 0.643. The number of hydrogen-bond donors (Lipinski definition) is 2. The molecule has 0 bridgehead atoms. The SMILES string of the molecule is Cn1cc(CC(CCC(=O)O)NC=O)c(C(C)(C)C)n1. The Labute approximate surface area is 119 Å². The molecule has 1 heterocycles. The molecule has 6 heteroatoms. The van der Waals surface area contributed by atoms with Crippen molar-refractivity contribution in [3.8, 4) is 0 Å². The highest BCUT2D eigenvalue weighted by Crippen LogP contribution is 2.25. The highest BCUT2D eigenvalue weighted by Gasteiger charge is 2.23. The number of aromatic nitrogens is 2. The lowest BCUT2D eigenvalue weighted by molar-refractivity contribution is -0.137. The summed E-state index contributed by atoms with van der Waals surface area (Å²) in [5.74, 6) is -0.857. The quantitative estimate of drug-likeness (QED) is 0.736. The molecular weight excluding hydrogens is 258 g/mol. The minimum Gasteiger partial charge on any atom is -0.481 e. The van der Waals surface area contributed by atoms with Crippen molar-refractivity contribution < 1.29 is 14.7 Å². The number of carboxylic acid groups (broad SMARTS) is 1. The maximum absolute atomic E-state index is 10.7. The van der Waals surface area contributed by atoms with Crippen molar-refractivity contribution in [2.24, 2.45) is 7.05 Å². The van der Waals surface area contributed by atoms with Gasteiger partial charge in [0.1, 0.15) is 0 Å². The third kappa shape index (κ3) is 4.68. The standard InChI is InChI=1S/C14H23N3O3/c1-14(2,3)13-10(8-17(4)16-13)7-11(15-9-18)5-6-12(19)20/h8-9,11H,5-7H2,1-4H3,(H,15,18)(H,19,20). The predicted octanol–water partition coefficient (Wildman–Crippen LogP) is 1.24. The van der Waals surface area contributed by atoms with Gasteiger partial charge in [-0.2, -0.15) is 5.10 Å². The monoisotopic (exact) mass is 281 g/mol. The zero-order valence-corrected chi connectivity index (χ0v) is 12.5. The predicted molar refractivity (Wildman–Crippen MR) is 75.5 cm³/mol. The molecule has 0 aliphatic carbocycles. The fourth-order valence-corrected chi connectivity index (χ4v) is 2.22. The van der Waals surface area contributed by atoms with Gasteiger partial charge in [0.25, 0.3) is 0 Å². The molecule has 0 aromatic carbocycles. The maximum atomic E-state index is 10.7. The molecule has 1 amide bonds. The second-order valence-electron chi connectivity index (χ2n) is 6.04. The van der Waals surface area contributed by atoms with Gasteiger partial charge in [-0.25, -0.2) is 0 Å². The Balaban J connectivity index is 2.87. The van der Waals surface area contributed by atoms with E-state index in [2.05, 4.69) is 31.2 Å². The van der Waals surface area contributed by atoms with Crippen LogP contribution >= 0.6 is 0 Å². The Morgan fingerprint density at radius 3 is 2.70 bits per heavy atom. The molecule has 1 aromatic heterocycles. The lowest BCUT2D eigenvalue weighted by atomic mass is 9.87. The Kier molecular flexibility index (Phi) is 5.30. The molecule has 20 heavy (non-hydrogen) atoms. The number of nitrogens with one attached hydrogen (secondary N) is 1. The van der Waals surface area contributed by atoms with Crippen LogP contribution in [0.5, 0.6) is 0 Å². The Morgan fingerprint density at radius 1 is 1.55 bits per heavy atom. The first kappa shape index (κ1) is 16.2. The van der Waals surface area contributed by atoms with Crippen molar-refractivity contribution in [1.82, 2.24) is 15.1 Å². The van der Waals surface area contributed by atoms with E-state index < -0.39 is 5.97 Å². The smallest absolute Gasteiger partial charge is 0.303 e. The Hall–Kier alpha value is -1.85. The summed E-state index contributed by atoms with van der Waals surface area (Å²) in [5.41, 5.74) is 1.94. The second kappa shape index (κ2) is 6.54. The molecule has 2 N–H and O–H groups in total. The summed E-state index contributed by atoms with van der Waals surface area (Å²) in [5, 5.41) is 15.9. The number of amides is 1. The van der Waals surface area contributed by atoms with Crippen LogP contribution in [0.2, 0.25) is 0 Å². The summed E-state index contributed by atoms with van der Waals surface area (Å²) >= 11 is 0. The van der Waals surface area contributed by atoms with Crippen LogP contribution in [0, 0.1) is 0 Å². The fourth-order valence-electron chi connectivity index (χ4n) is 2.22. The summed E-state index contributed by atoms with van der Waals surface area (Å²) in [6, 6.07) is -0.186. The number of nitrogens with zero attached hydrogens (tertiary/aromatic N) is 2. The molecule has 0 spiro atoms. The van der Waals surface area contributed by atoms with Gasteiger partial charge in [-0.3, -0.25) is 14.3 Å². The highest BCUT2D eigenvalue weighted by atomic mass is 16.4. The van der Waals surface area contributed by atoms with E-state index in [1.807, 2.05) is 13.2 Å². The average molecular weight is 281 g/mol. The van der Waals surface area contributed by atoms with Crippen LogP contribution in [0.3, 0.4) is 0 Å². The number of rotatable bonds is 7. The van der Waals surface area contributed by atoms with Crippen molar-refractivity contribution in [2.45, 2.75) is 51.5 Å². The van der Waals surface area contributed by atoms with E-state index in [1.165, 1.54) is 0 Å². The Bertz CT molecular complexity index is 474. The van der Waals surface area contributed by atoms with E-state index in [-0.39, 0.29) is 17.9 Å². The lowest BCUT2D eigenvalue weighted by Crippen LogP contribution is -2.31. The van der Waals surface area contributed by atoms with Crippen molar-refractivity contribution in [3.05, 3.63) is 17.5 Å². The number of aliphatic carboxylic acids is 1. The number of carbonyl (C=O) groups is 2. The van der Waals surface area contributed by atoms with Gasteiger partial charge in [-0.05, 0) is 18.4 Å². The van der Waals surface area contributed by atoms with E-state index in [0.29, 0.717) is 19.3 Å². The summed E-state index contributed by atoms with van der Waals surface area (Å²) in [4.78, 5) is 21.3. The highest BCUT2D eigenvalue weighted by molar-refractivity contribution is 5.66. The minimum absolute atomic E-state index is 0.0383. The van der Waals surface area contributed by atoms with Gasteiger partial charge < -0.3 is 10.4 Å². The second-order valence-corrected chi connectivity index (χ2v) is 6.04. The third-order valence-electron chi connectivity index (χ3n) is 3.09. The zero-order valence-electron chi connectivity index (χ0n) is 12.5. The number of carboxylic acids is 1. The topological polar surface area (TPSA) is 84.2 Å². The van der Waals surface area contributed by atoms with Crippen LogP contribution in [0.1, 0.15) is 44.9 Å². The maximum Gasteiger partial charge on any atom is 0.303 e. The van der Waals surface area contributed by atoms with Crippen LogP contribution in [-0.4, -0.2) is 33.3 Å². The molecule has 1 unspecified atom stereocenters. The van der Waals surface area contributed by atoms with Crippen LogP contribution in [0.25, 0.3) is 0 Å². The van der Waals surface area contributed by atoms with E-state index in [0.717, 1.165) is 11.3 Å². The molecule has 1 rings (SSSR count). The molecule has 0 aliphatic heterocycles. The van der Waals surface area contributed by atoms with Gasteiger partial charge in [0.2, 0.25) is 6.41 Å². The summed E-state index contributed by atoms with van der Waals surface area (Å²) in [6.07, 6.45) is 3.59. The van der Waals surface area contributed by atoms with Crippen LogP contribution in [-0.2, 0) is 28.5 Å². The number of aryl methyl sites for hydroxylation is 1. The van der Waals surface area contributed by atoms with E-state index >= 15 is 0 Å². The molecule has 0 saturated heterocycles. The van der Waals surface area contributed by atoms with E-state index in [1.54, 1.807) is 4.68 Å². The number of carbonyl (C=O) groups excluding carboxylic acids is 1.